The van der Waals surface area contributed by atoms with Gasteiger partial charge in [0, 0.05) is 24.7 Å². The van der Waals surface area contributed by atoms with Crippen LogP contribution >= 0.6 is 23.6 Å². The van der Waals surface area contributed by atoms with Crippen LogP contribution in [0.5, 0.6) is 0 Å². The fraction of sp³-hybridized carbons (Fsp3) is 0.600. The van der Waals surface area contributed by atoms with Gasteiger partial charge in [0.15, 0.2) is 5.11 Å². The molecule has 0 radical (unpaired) electrons. The summed E-state index contributed by atoms with van der Waals surface area (Å²) in [5, 5.41) is 9.97. The summed E-state index contributed by atoms with van der Waals surface area (Å²) < 4.78 is 4.92. The van der Waals surface area contributed by atoms with E-state index in [1.807, 2.05) is 19.2 Å². The van der Waals surface area contributed by atoms with Crippen LogP contribution in [0.1, 0.15) is 23.7 Å². The van der Waals surface area contributed by atoms with Gasteiger partial charge in [-0.25, -0.2) is 4.98 Å². The lowest BCUT2D eigenvalue weighted by Crippen LogP contribution is -2.38. The number of methoxy groups -OCH3 is 1. The number of ether oxygens (including phenoxy) is 1. The second-order valence-corrected chi connectivity index (χ2v) is 4.74. The molecule has 0 spiro atoms. The third-order valence-corrected chi connectivity index (χ3v) is 3.35. The van der Waals surface area contributed by atoms with E-state index < -0.39 is 0 Å². The quantitative estimate of drug-likeness (QED) is 0.621. The van der Waals surface area contributed by atoms with Crippen molar-refractivity contribution in [1.82, 2.24) is 15.6 Å². The van der Waals surface area contributed by atoms with Crippen molar-refractivity contribution >= 4 is 28.7 Å². The summed E-state index contributed by atoms with van der Waals surface area (Å²) in [5.41, 5.74) is 1.05. The summed E-state index contributed by atoms with van der Waals surface area (Å²) in [6, 6.07) is 0.140. The fourth-order valence-corrected chi connectivity index (χ4v) is 2.23. The predicted molar refractivity (Wildman–Crippen MR) is 70.9 cm³/mol. The third-order valence-electron chi connectivity index (χ3n) is 1.95. The molecule has 0 aliphatic rings. The average molecular weight is 259 g/mol. The molecule has 1 aromatic rings. The molecule has 0 bridgehead atoms. The first-order chi connectivity index (χ1) is 7.63. The van der Waals surface area contributed by atoms with Crippen molar-refractivity contribution in [2.75, 3.05) is 20.3 Å². The van der Waals surface area contributed by atoms with Crippen molar-refractivity contribution in [2.45, 2.75) is 19.9 Å². The van der Waals surface area contributed by atoms with Gasteiger partial charge >= 0.3 is 0 Å². The monoisotopic (exact) mass is 259 g/mol. The van der Waals surface area contributed by atoms with Crippen LogP contribution in [0, 0.1) is 6.92 Å². The number of thiazole rings is 1. The van der Waals surface area contributed by atoms with E-state index in [1.165, 1.54) is 0 Å². The van der Waals surface area contributed by atoms with E-state index in [9.17, 15) is 0 Å². The number of aryl methyl sites for hydroxylation is 1. The van der Waals surface area contributed by atoms with Crippen molar-refractivity contribution in [1.29, 1.82) is 0 Å². The minimum Gasteiger partial charge on any atom is -0.383 e. The number of hydrogen-bond acceptors (Lipinski definition) is 4. The molecule has 90 valence electrons. The van der Waals surface area contributed by atoms with Gasteiger partial charge in [-0.05, 0) is 26.1 Å². The number of nitrogens with one attached hydrogen (secondary N) is 2. The molecule has 0 amide bonds. The smallest absolute Gasteiger partial charge is 0.166 e. The minimum absolute atomic E-state index is 0.140. The summed E-state index contributed by atoms with van der Waals surface area (Å²) in [6.45, 7) is 5.39. The van der Waals surface area contributed by atoms with Gasteiger partial charge in [-0.2, -0.15) is 0 Å². The van der Waals surface area contributed by atoms with E-state index in [1.54, 1.807) is 18.4 Å². The van der Waals surface area contributed by atoms with Crippen LogP contribution in [0.3, 0.4) is 0 Å². The molecule has 16 heavy (non-hydrogen) atoms. The summed E-state index contributed by atoms with van der Waals surface area (Å²) >= 11 is 6.79. The Morgan fingerprint density at radius 1 is 1.69 bits per heavy atom. The molecule has 0 saturated heterocycles. The number of thiocarbonyl (C=S) groups is 1. The van der Waals surface area contributed by atoms with E-state index in [4.69, 9.17) is 17.0 Å². The molecule has 1 aromatic heterocycles. The van der Waals surface area contributed by atoms with E-state index in [0.717, 1.165) is 10.7 Å². The highest BCUT2D eigenvalue weighted by atomic mass is 32.1. The molecule has 6 heteroatoms. The lowest BCUT2D eigenvalue weighted by molar-refractivity contribution is 0.204. The summed E-state index contributed by atoms with van der Waals surface area (Å²) in [6.07, 6.45) is 0. The SMILES string of the molecule is COCCNC(=S)NC(C)c1nc(C)cs1. The zero-order chi connectivity index (χ0) is 12.0. The first-order valence-corrected chi connectivity index (χ1v) is 6.37. The molecule has 0 aliphatic carbocycles. The van der Waals surface area contributed by atoms with Crippen molar-refractivity contribution in [2.24, 2.45) is 0 Å². The zero-order valence-corrected chi connectivity index (χ0v) is 11.4. The van der Waals surface area contributed by atoms with Gasteiger partial charge in [0.1, 0.15) is 5.01 Å². The van der Waals surface area contributed by atoms with Crippen LogP contribution < -0.4 is 10.6 Å². The van der Waals surface area contributed by atoms with Gasteiger partial charge in [-0.15, -0.1) is 11.3 Å². The number of hydrogen-bond donors (Lipinski definition) is 2. The maximum absolute atomic E-state index is 5.15. The normalized spacial score (nSPS) is 12.2. The largest absolute Gasteiger partial charge is 0.383 e. The maximum Gasteiger partial charge on any atom is 0.166 e. The van der Waals surface area contributed by atoms with E-state index >= 15 is 0 Å². The Kier molecular flexibility index (Phi) is 5.65. The van der Waals surface area contributed by atoms with Gasteiger partial charge in [-0.1, -0.05) is 0 Å². The lowest BCUT2D eigenvalue weighted by atomic mass is 10.3. The second kappa shape index (κ2) is 6.78. The molecule has 1 unspecified atom stereocenters. The highest BCUT2D eigenvalue weighted by molar-refractivity contribution is 7.80. The number of nitrogens with zero attached hydrogens (tertiary/aromatic N) is 1. The summed E-state index contributed by atoms with van der Waals surface area (Å²) in [7, 11) is 1.67. The van der Waals surface area contributed by atoms with E-state index in [0.29, 0.717) is 18.3 Å². The van der Waals surface area contributed by atoms with Crippen LogP contribution in [-0.2, 0) is 4.74 Å². The topological polar surface area (TPSA) is 46.2 Å². The Labute approximate surface area is 105 Å². The molecule has 0 fully saturated rings. The predicted octanol–water partition coefficient (Wildman–Crippen LogP) is 1.62. The van der Waals surface area contributed by atoms with Crippen molar-refractivity contribution in [3.05, 3.63) is 16.1 Å². The van der Waals surface area contributed by atoms with Crippen LogP contribution in [0.2, 0.25) is 0 Å². The van der Waals surface area contributed by atoms with Gasteiger partial charge in [0.2, 0.25) is 0 Å². The fourth-order valence-electron chi connectivity index (χ4n) is 1.15. The Balaban J connectivity index is 2.33. The van der Waals surface area contributed by atoms with Crippen LogP contribution in [0.4, 0.5) is 0 Å². The second-order valence-electron chi connectivity index (χ2n) is 3.44. The lowest BCUT2D eigenvalue weighted by Gasteiger charge is -2.14. The summed E-state index contributed by atoms with van der Waals surface area (Å²) in [5.74, 6) is 0. The Bertz CT molecular complexity index is 341. The van der Waals surface area contributed by atoms with Crippen LogP contribution in [0.15, 0.2) is 5.38 Å². The molecule has 0 aliphatic heterocycles. The maximum atomic E-state index is 5.15. The zero-order valence-electron chi connectivity index (χ0n) is 9.74. The molecule has 1 atom stereocenters. The molecular formula is C10H17N3OS2. The molecule has 0 aromatic carbocycles. The highest BCUT2D eigenvalue weighted by Crippen LogP contribution is 2.16. The number of aromatic nitrogens is 1. The third kappa shape index (κ3) is 4.42. The van der Waals surface area contributed by atoms with Crippen molar-refractivity contribution in [3.8, 4) is 0 Å². The molecule has 4 nitrogen and oxygen atoms in total. The van der Waals surface area contributed by atoms with Gasteiger partial charge < -0.3 is 15.4 Å². The van der Waals surface area contributed by atoms with Gasteiger partial charge in [0.25, 0.3) is 0 Å². The molecular weight excluding hydrogens is 242 g/mol. The van der Waals surface area contributed by atoms with Gasteiger partial charge in [-0.3, -0.25) is 0 Å². The average Bonchev–Trinajstić information content (AvgIpc) is 2.65. The van der Waals surface area contributed by atoms with Crippen LogP contribution in [0.25, 0.3) is 0 Å². The molecule has 1 rings (SSSR count). The molecule has 2 N–H and O–H groups in total. The summed E-state index contributed by atoms with van der Waals surface area (Å²) in [4.78, 5) is 4.40. The van der Waals surface area contributed by atoms with Gasteiger partial charge in [0.05, 0.1) is 12.6 Å². The van der Waals surface area contributed by atoms with E-state index in [2.05, 4.69) is 15.6 Å². The first kappa shape index (κ1) is 13.3. The molecule has 0 saturated carbocycles. The standard InChI is InChI=1S/C10H17N3OS2/c1-7-6-16-9(12-7)8(2)13-10(15)11-4-5-14-3/h6,8H,4-5H2,1-3H3,(H2,11,13,15). The Morgan fingerprint density at radius 3 is 3.00 bits per heavy atom. The van der Waals surface area contributed by atoms with Crippen molar-refractivity contribution in [3.63, 3.8) is 0 Å². The van der Waals surface area contributed by atoms with Crippen molar-refractivity contribution < 1.29 is 4.74 Å². The first-order valence-electron chi connectivity index (χ1n) is 5.09. The van der Waals surface area contributed by atoms with E-state index in [-0.39, 0.29) is 6.04 Å². The molecule has 1 heterocycles. The van der Waals surface area contributed by atoms with Crippen LogP contribution in [-0.4, -0.2) is 30.4 Å². The minimum atomic E-state index is 0.140. The highest BCUT2D eigenvalue weighted by Gasteiger charge is 2.09. The number of rotatable bonds is 5. The Hall–Kier alpha value is -0.720. The Morgan fingerprint density at radius 2 is 2.44 bits per heavy atom.